The number of hydrogen-bond acceptors (Lipinski definition) is 2. The van der Waals surface area contributed by atoms with Crippen LogP contribution in [0.25, 0.3) is 16.8 Å². The molecule has 5 heteroatoms. The van der Waals surface area contributed by atoms with Gasteiger partial charge in [0.1, 0.15) is 5.15 Å². The van der Waals surface area contributed by atoms with Gasteiger partial charge in [-0.15, -0.1) is 0 Å². The monoisotopic (exact) mass is 277 g/mol. The van der Waals surface area contributed by atoms with Crippen molar-refractivity contribution >= 4 is 28.8 Å². The zero-order valence-corrected chi connectivity index (χ0v) is 11.1. The summed E-state index contributed by atoms with van der Waals surface area (Å²) in [6, 6.07) is 9.36. The van der Waals surface area contributed by atoms with E-state index in [1.165, 1.54) is 0 Å². The van der Waals surface area contributed by atoms with E-state index in [1.54, 1.807) is 16.8 Å². The van der Waals surface area contributed by atoms with Crippen LogP contribution in [0.1, 0.15) is 5.69 Å². The van der Waals surface area contributed by atoms with Gasteiger partial charge in [-0.05, 0) is 30.7 Å². The van der Waals surface area contributed by atoms with Gasteiger partial charge in [0.2, 0.25) is 0 Å². The normalized spacial score (nSPS) is 11.1. The highest BCUT2D eigenvalue weighted by Gasteiger charge is 2.10. The van der Waals surface area contributed by atoms with Crippen LogP contribution in [-0.2, 0) is 0 Å². The smallest absolute Gasteiger partial charge is 0.164 e. The number of halogens is 2. The minimum Gasteiger partial charge on any atom is -0.233 e. The Balaban J connectivity index is 2.27. The van der Waals surface area contributed by atoms with E-state index in [4.69, 9.17) is 23.2 Å². The molecule has 0 atom stereocenters. The Labute approximate surface area is 114 Å². The number of rotatable bonds is 1. The molecule has 0 bridgehead atoms. The Kier molecular flexibility index (Phi) is 2.73. The summed E-state index contributed by atoms with van der Waals surface area (Å²) < 4.78 is 1.62. The molecule has 3 nitrogen and oxygen atoms in total. The molecule has 0 fully saturated rings. The molecule has 18 heavy (non-hydrogen) atoms. The van der Waals surface area contributed by atoms with E-state index in [-0.39, 0.29) is 0 Å². The van der Waals surface area contributed by atoms with Gasteiger partial charge in [-0.3, -0.25) is 0 Å². The van der Waals surface area contributed by atoms with Crippen molar-refractivity contribution in [3.63, 3.8) is 0 Å². The van der Waals surface area contributed by atoms with E-state index in [1.807, 2.05) is 31.2 Å². The van der Waals surface area contributed by atoms with Gasteiger partial charge in [0, 0.05) is 16.3 Å². The summed E-state index contributed by atoms with van der Waals surface area (Å²) in [5.41, 5.74) is 3.58. The summed E-state index contributed by atoms with van der Waals surface area (Å²) in [5, 5.41) is 5.51. The third kappa shape index (κ3) is 1.85. The molecule has 3 aromatic rings. The van der Waals surface area contributed by atoms with Gasteiger partial charge in [0.25, 0.3) is 0 Å². The topological polar surface area (TPSA) is 30.2 Å². The molecule has 0 radical (unpaired) electrons. The van der Waals surface area contributed by atoms with Crippen molar-refractivity contribution in [2.45, 2.75) is 6.92 Å². The molecule has 0 spiro atoms. The van der Waals surface area contributed by atoms with Crippen LogP contribution < -0.4 is 0 Å². The molecule has 0 amide bonds. The van der Waals surface area contributed by atoms with Gasteiger partial charge < -0.3 is 0 Å². The minimum absolute atomic E-state index is 0.553. The van der Waals surface area contributed by atoms with Crippen LogP contribution in [0.2, 0.25) is 10.2 Å². The average molecular weight is 278 g/mol. The van der Waals surface area contributed by atoms with E-state index in [2.05, 4.69) is 10.1 Å². The molecular formula is C13H9Cl2N3. The lowest BCUT2D eigenvalue weighted by molar-refractivity contribution is 0.930. The summed E-state index contributed by atoms with van der Waals surface area (Å²) in [5.74, 6) is 0. The van der Waals surface area contributed by atoms with Gasteiger partial charge in [-0.2, -0.15) is 5.10 Å². The zero-order chi connectivity index (χ0) is 12.7. The first-order chi connectivity index (χ1) is 8.65. The van der Waals surface area contributed by atoms with Crippen molar-refractivity contribution in [2.75, 3.05) is 0 Å². The predicted molar refractivity (Wildman–Crippen MR) is 73.2 cm³/mol. The molecule has 2 aromatic heterocycles. The second-order valence-electron chi connectivity index (χ2n) is 4.02. The van der Waals surface area contributed by atoms with Gasteiger partial charge >= 0.3 is 0 Å². The molecule has 0 aliphatic carbocycles. The van der Waals surface area contributed by atoms with Crippen LogP contribution in [0.4, 0.5) is 0 Å². The fourth-order valence-electron chi connectivity index (χ4n) is 1.87. The quantitative estimate of drug-likeness (QED) is 0.629. The maximum atomic E-state index is 6.13. The highest BCUT2D eigenvalue weighted by molar-refractivity contribution is 6.30. The number of benzene rings is 1. The minimum atomic E-state index is 0.553. The lowest BCUT2D eigenvalue weighted by atomic mass is 10.1. The summed E-state index contributed by atoms with van der Waals surface area (Å²) in [7, 11) is 0. The molecular weight excluding hydrogens is 269 g/mol. The standard InChI is InChI=1S/C13H9Cl2N3/c1-8-6-12(15)18-13(17-8)11(7-16-18)9-2-4-10(14)5-3-9/h2-7H,1H3. The first kappa shape index (κ1) is 11.5. The molecule has 0 aliphatic heterocycles. The second kappa shape index (κ2) is 4.26. The van der Waals surface area contributed by atoms with E-state index in [9.17, 15) is 0 Å². The van der Waals surface area contributed by atoms with Crippen molar-refractivity contribution in [1.82, 2.24) is 14.6 Å². The predicted octanol–water partition coefficient (Wildman–Crippen LogP) is 4.01. The number of aromatic nitrogens is 3. The molecule has 0 saturated heterocycles. The second-order valence-corrected chi connectivity index (χ2v) is 4.84. The van der Waals surface area contributed by atoms with Crippen LogP contribution in [0.5, 0.6) is 0 Å². The van der Waals surface area contributed by atoms with Crippen molar-refractivity contribution in [1.29, 1.82) is 0 Å². The van der Waals surface area contributed by atoms with E-state index >= 15 is 0 Å². The highest BCUT2D eigenvalue weighted by Crippen LogP contribution is 2.26. The third-order valence-electron chi connectivity index (χ3n) is 2.71. The highest BCUT2D eigenvalue weighted by atomic mass is 35.5. The molecule has 0 aliphatic rings. The Morgan fingerprint density at radius 1 is 1.11 bits per heavy atom. The Morgan fingerprint density at radius 2 is 1.83 bits per heavy atom. The Morgan fingerprint density at radius 3 is 2.56 bits per heavy atom. The van der Waals surface area contributed by atoms with E-state index in [0.717, 1.165) is 22.5 Å². The molecule has 3 rings (SSSR count). The first-order valence-corrected chi connectivity index (χ1v) is 6.17. The number of nitrogens with zero attached hydrogens (tertiary/aromatic N) is 3. The SMILES string of the molecule is Cc1cc(Cl)n2ncc(-c3ccc(Cl)cc3)c2n1. The fraction of sp³-hybridized carbons (Fsp3) is 0.0769. The third-order valence-corrected chi connectivity index (χ3v) is 3.23. The van der Waals surface area contributed by atoms with E-state index in [0.29, 0.717) is 10.2 Å². The van der Waals surface area contributed by atoms with Gasteiger partial charge in [-0.1, -0.05) is 35.3 Å². The number of hydrogen-bond donors (Lipinski definition) is 0. The van der Waals surface area contributed by atoms with Crippen molar-refractivity contribution in [3.05, 3.63) is 52.4 Å². The fourth-order valence-corrected chi connectivity index (χ4v) is 2.28. The Hall–Kier alpha value is -1.58. The lowest BCUT2D eigenvalue weighted by Crippen LogP contribution is -1.94. The summed E-state index contributed by atoms with van der Waals surface area (Å²) in [6.45, 7) is 1.91. The van der Waals surface area contributed by atoms with Crippen LogP contribution >= 0.6 is 23.2 Å². The first-order valence-electron chi connectivity index (χ1n) is 5.42. The maximum Gasteiger partial charge on any atom is 0.164 e. The van der Waals surface area contributed by atoms with Crippen LogP contribution in [0.3, 0.4) is 0 Å². The molecule has 2 heterocycles. The molecule has 0 N–H and O–H groups in total. The molecule has 1 aromatic carbocycles. The number of aryl methyl sites for hydroxylation is 1. The van der Waals surface area contributed by atoms with Gasteiger partial charge in [-0.25, -0.2) is 9.50 Å². The maximum absolute atomic E-state index is 6.13. The molecule has 0 unspecified atom stereocenters. The van der Waals surface area contributed by atoms with E-state index < -0.39 is 0 Å². The lowest BCUT2D eigenvalue weighted by Gasteiger charge is -2.01. The van der Waals surface area contributed by atoms with Crippen LogP contribution in [-0.4, -0.2) is 14.6 Å². The van der Waals surface area contributed by atoms with Gasteiger partial charge in [0.15, 0.2) is 5.65 Å². The van der Waals surface area contributed by atoms with Crippen molar-refractivity contribution < 1.29 is 0 Å². The molecule has 90 valence electrons. The van der Waals surface area contributed by atoms with Crippen LogP contribution in [0, 0.1) is 6.92 Å². The van der Waals surface area contributed by atoms with Crippen molar-refractivity contribution in [2.24, 2.45) is 0 Å². The number of fused-ring (bicyclic) bond motifs is 1. The average Bonchev–Trinajstić information content (AvgIpc) is 2.74. The summed E-state index contributed by atoms with van der Waals surface area (Å²) in [4.78, 5) is 4.48. The summed E-state index contributed by atoms with van der Waals surface area (Å²) >= 11 is 12.0. The molecule has 0 saturated carbocycles. The van der Waals surface area contributed by atoms with Gasteiger partial charge in [0.05, 0.1) is 6.20 Å². The largest absolute Gasteiger partial charge is 0.233 e. The summed E-state index contributed by atoms with van der Waals surface area (Å²) in [6.07, 6.45) is 1.76. The van der Waals surface area contributed by atoms with Crippen LogP contribution in [0.15, 0.2) is 36.5 Å². The zero-order valence-electron chi connectivity index (χ0n) is 9.56. The Bertz CT molecular complexity index is 717. The van der Waals surface area contributed by atoms with Crippen molar-refractivity contribution in [3.8, 4) is 11.1 Å².